The maximum Gasteiger partial charge on any atom is 0.416 e. The SMILES string of the molecule is FC(F)(F)c1cc(-c2ccc3c4ccc(-c5cc(C(F)(F)F)cc(C(F)(F)F)c5)cc4n(-c4ccccc4-c4cc(-c5ccccc5)nc(-c5ccccc5-n5c6cc(-c7cc(C(F)(F)F)cc(C(F)(F)F)c7)ccc6c6ccc(-c7cc(C(F)(F)F)cc(C(F)(F)F)c7)cc65)n4)c3c2)cc(C(F)(F)F)c1. The van der Waals surface area contributed by atoms with Gasteiger partial charge in [-0.1, -0.05) is 109 Å². The lowest BCUT2D eigenvalue weighted by molar-refractivity contribution is -0.144. The topological polar surface area (TPSA) is 35.6 Å². The Kier molecular flexibility index (Phi) is 16.9. The van der Waals surface area contributed by atoms with Crippen molar-refractivity contribution in [3.63, 3.8) is 0 Å². The summed E-state index contributed by atoms with van der Waals surface area (Å²) in [5, 5.41) is 0.727. The first kappa shape index (κ1) is 71.4. The van der Waals surface area contributed by atoms with Crippen LogP contribution in [0.15, 0.2) is 231 Å². The molecule has 4 nitrogen and oxygen atoms in total. The van der Waals surface area contributed by atoms with Crippen molar-refractivity contribution in [3.05, 3.63) is 275 Å². The zero-order chi connectivity index (χ0) is 75.9. The zero-order valence-corrected chi connectivity index (χ0v) is 52.8. The molecule has 0 unspecified atom stereocenters. The second-order valence-corrected chi connectivity index (χ2v) is 24.6. The van der Waals surface area contributed by atoms with Crippen LogP contribution in [0.2, 0.25) is 0 Å². The molecule has 0 radical (unpaired) electrons. The Bertz CT molecular complexity index is 5110. The van der Waals surface area contributed by atoms with Crippen molar-refractivity contribution in [3.8, 4) is 89.8 Å². The average Bonchev–Trinajstić information content (AvgIpc) is 1.57. The number of alkyl halides is 24. The predicted molar refractivity (Wildman–Crippen MR) is 349 cm³/mol. The van der Waals surface area contributed by atoms with Crippen LogP contribution in [0.1, 0.15) is 44.5 Å². The van der Waals surface area contributed by atoms with E-state index in [2.05, 4.69) is 0 Å². The molecule has 11 aromatic carbocycles. The Morgan fingerprint density at radius 2 is 0.443 bits per heavy atom. The van der Waals surface area contributed by atoms with Gasteiger partial charge in [0.1, 0.15) is 0 Å². The molecule has 0 amide bonds. The van der Waals surface area contributed by atoms with Crippen molar-refractivity contribution in [1.29, 1.82) is 0 Å². The molecule has 0 atom stereocenters. The number of benzene rings is 11. The van der Waals surface area contributed by atoms with Gasteiger partial charge in [0, 0.05) is 38.2 Å². The third-order valence-electron chi connectivity index (χ3n) is 17.8. The molecule has 14 rings (SSSR count). The normalized spacial score (nSPS) is 13.1. The van der Waals surface area contributed by atoms with E-state index in [0.717, 1.165) is 0 Å². The Morgan fingerprint density at radius 1 is 0.198 bits per heavy atom. The first-order valence-electron chi connectivity index (χ1n) is 31.0. The van der Waals surface area contributed by atoms with Crippen LogP contribution in [0, 0.1) is 0 Å². The van der Waals surface area contributed by atoms with E-state index in [1.54, 1.807) is 30.3 Å². The van der Waals surface area contributed by atoms with E-state index in [1.807, 2.05) is 0 Å². The van der Waals surface area contributed by atoms with E-state index < -0.39 is 116 Å². The summed E-state index contributed by atoms with van der Waals surface area (Å²) in [5.74, 6) is -0.230. The zero-order valence-electron chi connectivity index (χ0n) is 52.8. The summed E-state index contributed by atoms with van der Waals surface area (Å²) in [5.41, 5.74) is -16.5. The highest BCUT2D eigenvalue weighted by Gasteiger charge is 2.42. The summed E-state index contributed by atoms with van der Waals surface area (Å²) in [7, 11) is 0. The summed E-state index contributed by atoms with van der Waals surface area (Å²) < 4.78 is 350. The molecular weight excluding hydrogens is 1450 g/mol. The van der Waals surface area contributed by atoms with Gasteiger partial charge in [-0.25, -0.2) is 9.97 Å². The lowest BCUT2D eigenvalue weighted by Gasteiger charge is -2.18. The molecule has 106 heavy (non-hydrogen) atoms. The number of halogens is 24. The molecule has 0 spiro atoms. The van der Waals surface area contributed by atoms with Crippen molar-refractivity contribution in [2.24, 2.45) is 0 Å². The molecule has 538 valence electrons. The molecule has 3 heterocycles. The number of hydrogen-bond donors (Lipinski definition) is 0. The van der Waals surface area contributed by atoms with E-state index in [0.29, 0.717) is 54.1 Å². The summed E-state index contributed by atoms with van der Waals surface area (Å²) in [6.45, 7) is 0. The van der Waals surface area contributed by atoms with Crippen molar-refractivity contribution in [1.82, 2.24) is 19.1 Å². The quantitative estimate of drug-likeness (QED) is 0.135. The Labute approximate surface area is 580 Å². The largest absolute Gasteiger partial charge is 0.416 e. The van der Waals surface area contributed by atoms with Gasteiger partial charge in [-0.3, -0.25) is 0 Å². The Hall–Kier alpha value is -11.6. The van der Waals surface area contributed by atoms with E-state index in [1.165, 1.54) is 137 Å². The summed E-state index contributed by atoms with van der Waals surface area (Å²) >= 11 is 0. The Morgan fingerprint density at radius 3 is 0.726 bits per heavy atom. The van der Waals surface area contributed by atoms with E-state index in [9.17, 15) is 105 Å². The highest BCUT2D eigenvalue weighted by Crippen LogP contribution is 2.49. The van der Waals surface area contributed by atoms with Gasteiger partial charge in [-0.2, -0.15) is 105 Å². The van der Waals surface area contributed by atoms with Crippen molar-refractivity contribution in [2.45, 2.75) is 49.4 Å². The molecule has 28 heteroatoms. The number of fused-ring (bicyclic) bond motifs is 6. The van der Waals surface area contributed by atoms with Crippen LogP contribution in [0.25, 0.3) is 133 Å². The fourth-order valence-electron chi connectivity index (χ4n) is 13.0. The maximum atomic E-state index is 14.5. The summed E-state index contributed by atoms with van der Waals surface area (Å²) in [6.07, 6.45) is -42.6. The van der Waals surface area contributed by atoms with Crippen LogP contribution in [-0.4, -0.2) is 19.1 Å². The van der Waals surface area contributed by atoms with Crippen molar-refractivity contribution < 1.29 is 105 Å². The number of hydrogen-bond acceptors (Lipinski definition) is 2. The molecule has 0 N–H and O–H groups in total. The van der Waals surface area contributed by atoms with E-state index in [4.69, 9.17) is 9.97 Å². The third kappa shape index (κ3) is 13.6. The van der Waals surface area contributed by atoms with Gasteiger partial charge >= 0.3 is 49.4 Å². The second-order valence-electron chi connectivity index (χ2n) is 24.6. The van der Waals surface area contributed by atoms with Crippen LogP contribution in [0.3, 0.4) is 0 Å². The van der Waals surface area contributed by atoms with Crippen LogP contribution in [0.4, 0.5) is 105 Å². The van der Waals surface area contributed by atoms with Gasteiger partial charge < -0.3 is 9.13 Å². The molecule has 0 aliphatic rings. The van der Waals surface area contributed by atoms with Crippen LogP contribution in [0.5, 0.6) is 0 Å². The van der Waals surface area contributed by atoms with Gasteiger partial charge in [0.25, 0.3) is 0 Å². The number of aromatic nitrogens is 4. The molecule has 0 aliphatic carbocycles. The second kappa shape index (κ2) is 25.1. The highest BCUT2D eigenvalue weighted by molar-refractivity contribution is 6.13. The minimum atomic E-state index is -5.32. The molecule has 0 bridgehead atoms. The Balaban J connectivity index is 1.04. The molecule has 14 aromatic rings. The molecule has 0 saturated heterocycles. The predicted octanol–water partition coefficient (Wildman–Crippen LogP) is 26.5. The summed E-state index contributed by atoms with van der Waals surface area (Å²) in [6, 6.07) is 39.7. The smallest absolute Gasteiger partial charge is 0.309 e. The lowest BCUT2D eigenvalue weighted by Crippen LogP contribution is -2.11. The molecule has 0 saturated carbocycles. The van der Waals surface area contributed by atoms with Crippen LogP contribution >= 0.6 is 0 Å². The number of para-hydroxylation sites is 2. The van der Waals surface area contributed by atoms with E-state index in [-0.39, 0.29) is 130 Å². The molecule has 3 aromatic heterocycles. The first-order chi connectivity index (χ1) is 49.5. The minimum Gasteiger partial charge on any atom is -0.309 e. The van der Waals surface area contributed by atoms with Gasteiger partial charge in [-0.05, 0) is 166 Å². The minimum absolute atomic E-state index is 0.00436. The average molecular weight is 1490 g/mol. The first-order valence-corrected chi connectivity index (χ1v) is 31.0. The van der Waals surface area contributed by atoms with Gasteiger partial charge in [0.2, 0.25) is 0 Å². The molecule has 0 fully saturated rings. The van der Waals surface area contributed by atoms with Crippen molar-refractivity contribution >= 4 is 43.6 Å². The fraction of sp³-hybridized carbons (Fsp3) is 0.103. The molecule has 0 aliphatic heterocycles. The van der Waals surface area contributed by atoms with E-state index >= 15 is 0 Å². The van der Waals surface area contributed by atoms with Gasteiger partial charge in [0.15, 0.2) is 5.82 Å². The highest BCUT2D eigenvalue weighted by atomic mass is 19.4. The van der Waals surface area contributed by atoms with Crippen LogP contribution in [-0.2, 0) is 49.4 Å². The summed E-state index contributed by atoms with van der Waals surface area (Å²) in [4.78, 5) is 10.1. The van der Waals surface area contributed by atoms with Gasteiger partial charge in [-0.15, -0.1) is 0 Å². The fourth-order valence-corrected chi connectivity index (χ4v) is 13.0. The third-order valence-corrected chi connectivity index (χ3v) is 17.8. The molecular formula is C78H38F24N4. The van der Waals surface area contributed by atoms with Gasteiger partial charge in [0.05, 0.1) is 89.3 Å². The number of nitrogens with zero attached hydrogens (tertiary/aromatic N) is 4. The monoisotopic (exact) mass is 1490 g/mol. The maximum absolute atomic E-state index is 14.5. The number of rotatable bonds is 9. The van der Waals surface area contributed by atoms with Crippen LogP contribution < -0.4 is 0 Å². The standard InChI is InChI=1S/C78H38F24N4/c79-71(80,81)48-22-44(23-49(34-48)72(82,83)84)40-14-18-56-57-19-15-41(45-24-50(73(85,86)87)35-51(25-45)74(88,89)90)31-67(57)105(66(56)30-40)64-12-6-4-10-60(64)63-38-62(39-8-2-1-3-9-39)103-70(104-63)61-11-5-7-13-65(61)106-68-32-42(46-26-52(75(91,92)93)36-53(27-46)76(94,95)96)16-20-58(68)59-21-17-43(33-69(59)106)47-28-54(77(97,98)99)37-55(29-47)78(100,101)102/h1-38H. The lowest BCUT2D eigenvalue weighted by atomic mass is 9.97. The van der Waals surface area contributed by atoms with Crippen molar-refractivity contribution in [2.75, 3.05) is 0 Å².